The fraction of sp³-hybridized carbons (Fsp3) is 0.100. The second-order valence-electron chi connectivity index (χ2n) is 11.6. The van der Waals surface area contributed by atoms with Gasteiger partial charge in [0.25, 0.3) is 0 Å². The molecule has 1 aromatic heterocycles. The monoisotopic (exact) mass is 538 g/mol. The third-order valence-corrected chi connectivity index (χ3v) is 9.83. The van der Waals surface area contributed by atoms with E-state index in [0.717, 1.165) is 6.54 Å². The van der Waals surface area contributed by atoms with Crippen LogP contribution < -0.4 is 4.90 Å². The summed E-state index contributed by atoms with van der Waals surface area (Å²) in [5.74, 6) is 0. The largest absolute Gasteiger partial charge is 0.345 e. The van der Waals surface area contributed by atoms with Crippen molar-refractivity contribution in [2.24, 2.45) is 0 Å². The number of fused-ring (bicyclic) bond motifs is 13. The number of rotatable bonds is 3. The number of aromatic nitrogens is 1. The molecule has 1 spiro atoms. The first-order valence-electron chi connectivity index (χ1n) is 14.9. The predicted molar refractivity (Wildman–Crippen MR) is 176 cm³/mol. The second kappa shape index (κ2) is 8.47. The SMILES string of the molecule is CCn1c2ccccc2c2cc(N(C)c3ccc4c(c3)C3(c5ccccc5-c5ccccc53)c3ccccc3-4)ccc21. The van der Waals surface area contributed by atoms with E-state index in [1.54, 1.807) is 0 Å². The van der Waals surface area contributed by atoms with E-state index in [1.165, 1.54) is 77.7 Å². The molecule has 0 saturated heterocycles. The smallest absolute Gasteiger partial charge is 0.0726 e. The van der Waals surface area contributed by atoms with Gasteiger partial charge in [-0.1, -0.05) is 97.1 Å². The lowest BCUT2D eigenvalue weighted by atomic mass is 9.70. The molecule has 2 heteroatoms. The molecule has 0 N–H and O–H groups in total. The van der Waals surface area contributed by atoms with Crippen LogP contribution in [-0.4, -0.2) is 11.6 Å². The van der Waals surface area contributed by atoms with Crippen molar-refractivity contribution in [3.8, 4) is 22.3 Å². The Kier molecular flexibility index (Phi) is 4.76. The molecule has 0 atom stereocenters. The number of anilines is 2. The fourth-order valence-electron chi connectivity index (χ4n) is 8.03. The Bertz CT molecular complexity index is 2150. The third-order valence-electron chi connectivity index (χ3n) is 9.83. The van der Waals surface area contributed by atoms with Gasteiger partial charge in [0.1, 0.15) is 0 Å². The minimum Gasteiger partial charge on any atom is -0.345 e. The van der Waals surface area contributed by atoms with E-state index in [0.29, 0.717) is 0 Å². The Morgan fingerprint density at radius 1 is 0.500 bits per heavy atom. The molecule has 1 heterocycles. The summed E-state index contributed by atoms with van der Waals surface area (Å²) in [6.07, 6.45) is 0. The number of benzene rings is 6. The fourth-order valence-corrected chi connectivity index (χ4v) is 8.03. The highest BCUT2D eigenvalue weighted by atomic mass is 15.1. The highest BCUT2D eigenvalue weighted by molar-refractivity contribution is 6.09. The summed E-state index contributed by atoms with van der Waals surface area (Å²) in [6.45, 7) is 3.18. The standard InChI is InChI=1S/C40H30N2/c1-3-42-38-19-11-7-15-32(38)33-24-26(21-23-39(33)42)41(2)27-20-22-31-30-14-6-10-18-36(30)40(37(31)25-27)34-16-8-4-12-28(34)29-13-5-9-17-35(29)40/h4-25H,3H2,1-2H3. The van der Waals surface area contributed by atoms with Crippen LogP contribution in [-0.2, 0) is 12.0 Å². The van der Waals surface area contributed by atoms with Gasteiger partial charge < -0.3 is 9.47 Å². The van der Waals surface area contributed by atoms with Gasteiger partial charge in [-0.25, -0.2) is 0 Å². The Balaban J connectivity index is 1.27. The molecular formula is C40H30N2. The van der Waals surface area contributed by atoms with Crippen molar-refractivity contribution in [2.45, 2.75) is 18.9 Å². The van der Waals surface area contributed by atoms with E-state index in [4.69, 9.17) is 0 Å². The van der Waals surface area contributed by atoms with E-state index in [-0.39, 0.29) is 5.41 Å². The quantitative estimate of drug-likeness (QED) is 0.217. The lowest BCUT2D eigenvalue weighted by Gasteiger charge is -2.31. The maximum atomic E-state index is 2.45. The number of hydrogen-bond donors (Lipinski definition) is 0. The molecular weight excluding hydrogens is 508 g/mol. The molecule has 0 fully saturated rings. The lowest BCUT2D eigenvalue weighted by molar-refractivity contribution is 0.793. The molecule has 2 aliphatic rings. The van der Waals surface area contributed by atoms with Gasteiger partial charge in [-0.05, 0) is 87.8 Å². The zero-order valence-corrected chi connectivity index (χ0v) is 23.8. The Morgan fingerprint density at radius 3 is 1.64 bits per heavy atom. The molecule has 0 saturated carbocycles. The number of hydrogen-bond acceptors (Lipinski definition) is 1. The van der Waals surface area contributed by atoms with Crippen molar-refractivity contribution < 1.29 is 0 Å². The molecule has 2 nitrogen and oxygen atoms in total. The predicted octanol–water partition coefficient (Wildman–Crippen LogP) is 9.93. The molecule has 0 amide bonds. The first-order valence-corrected chi connectivity index (χ1v) is 14.9. The van der Waals surface area contributed by atoms with Gasteiger partial charge in [-0.2, -0.15) is 0 Å². The summed E-state index contributed by atoms with van der Waals surface area (Å²) in [4.78, 5) is 2.35. The highest BCUT2D eigenvalue weighted by Gasteiger charge is 2.51. The molecule has 0 radical (unpaired) electrons. The molecule has 0 bridgehead atoms. The van der Waals surface area contributed by atoms with Crippen LogP contribution in [0.5, 0.6) is 0 Å². The van der Waals surface area contributed by atoms with Crippen LogP contribution in [0.2, 0.25) is 0 Å². The van der Waals surface area contributed by atoms with Crippen molar-refractivity contribution in [1.29, 1.82) is 0 Å². The van der Waals surface area contributed by atoms with E-state index in [2.05, 4.69) is 157 Å². The van der Waals surface area contributed by atoms with Crippen LogP contribution in [0, 0.1) is 0 Å². The topological polar surface area (TPSA) is 8.17 Å². The summed E-state index contributed by atoms with van der Waals surface area (Å²) in [7, 11) is 2.20. The van der Waals surface area contributed by atoms with E-state index in [9.17, 15) is 0 Å². The van der Waals surface area contributed by atoms with Crippen molar-refractivity contribution in [3.05, 3.63) is 156 Å². The molecule has 0 unspecified atom stereocenters. The van der Waals surface area contributed by atoms with Gasteiger partial charge in [0.2, 0.25) is 0 Å². The Morgan fingerprint density at radius 2 is 1.00 bits per heavy atom. The first kappa shape index (κ1) is 23.6. The second-order valence-corrected chi connectivity index (χ2v) is 11.6. The van der Waals surface area contributed by atoms with Crippen LogP contribution >= 0.6 is 0 Å². The van der Waals surface area contributed by atoms with Gasteiger partial charge in [0.15, 0.2) is 0 Å². The summed E-state index contributed by atoms with van der Waals surface area (Å²) in [6, 6.07) is 49.8. The highest BCUT2D eigenvalue weighted by Crippen LogP contribution is 2.63. The normalized spacial score (nSPS) is 13.8. The third kappa shape index (κ3) is 2.84. The summed E-state index contributed by atoms with van der Waals surface area (Å²) >= 11 is 0. The van der Waals surface area contributed by atoms with E-state index < -0.39 is 0 Å². The van der Waals surface area contributed by atoms with E-state index in [1.807, 2.05) is 0 Å². The van der Waals surface area contributed by atoms with Gasteiger partial charge in [-0.3, -0.25) is 0 Å². The maximum Gasteiger partial charge on any atom is 0.0726 e. The van der Waals surface area contributed by atoms with Gasteiger partial charge in [0.05, 0.1) is 5.41 Å². The van der Waals surface area contributed by atoms with Crippen molar-refractivity contribution in [3.63, 3.8) is 0 Å². The molecule has 200 valence electrons. The minimum atomic E-state index is -0.325. The lowest BCUT2D eigenvalue weighted by Crippen LogP contribution is -2.26. The molecule has 6 aromatic carbocycles. The van der Waals surface area contributed by atoms with Crippen LogP contribution in [0.4, 0.5) is 11.4 Å². The van der Waals surface area contributed by atoms with Crippen molar-refractivity contribution in [1.82, 2.24) is 4.57 Å². The number of aryl methyl sites for hydroxylation is 1. The van der Waals surface area contributed by atoms with Crippen molar-refractivity contribution in [2.75, 3.05) is 11.9 Å². The maximum absolute atomic E-state index is 2.45. The molecule has 42 heavy (non-hydrogen) atoms. The summed E-state index contributed by atoms with van der Waals surface area (Å²) in [5, 5.41) is 2.62. The van der Waals surface area contributed by atoms with E-state index >= 15 is 0 Å². The van der Waals surface area contributed by atoms with Crippen LogP contribution in [0.15, 0.2) is 133 Å². The summed E-state index contributed by atoms with van der Waals surface area (Å²) < 4.78 is 2.42. The zero-order chi connectivity index (χ0) is 28.0. The first-order chi connectivity index (χ1) is 20.7. The number of para-hydroxylation sites is 1. The molecule has 9 rings (SSSR count). The average molecular weight is 539 g/mol. The Labute approximate surface area is 246 Å². The van der Waals surface area contributed by atoms with Gasteiger partial charge in [-0.15, -0.1) is 0 Å². The average Bonchev–Trinajstić information content (AvgIpc) is 3.65. The molecule has 7 aromatic rings. The van der Waals surface area contributed by atoms with Crippen LogP contribution in [0.1, 0.15) is 29.2 Å². The van der Waals surface area contributed by atoms with Crippen molar-refractivity contribution >= 4 is 33.2 Å². The van der Waals surface area contributed by atoms with Crippen LogP contribution in [0.25, 0.3) is 44.1 Å². The van der Waals surface area contributed by atoms with Crippen LogP contribution in [0.3, 0.4) is 0 Å². The number of nitrogens with zero attached hydrogens (tertiary/aromatic N) is 2. The Hall–Kier alpha value is -5.08. The minimum absolute atomic E-state index is 0.325. The summed E-state index contributed by atoms with van der Waals surface area (Å²) in [5.41, 5.74) is 15.5. The van der Waals surface area contributed by atoms with Gasteiger partial charge in [0, 0.05) is 46.8 Å². The molecule has 2 aliphatic carbocycles. The molecule has 0 aliphatic heterocycles. The zero-order valence-electron chi connectivity index (χ0n) is 23.8. The van der Waals surface area contributed by atoms with Gasteiger partial charge >= 0.3 is 0 Å².